The van der Waals surface area contributed by atoms with E-state index >= 15 is 0 Å². The molecule has 78 valence electrons. The van der Waals surface area contributed by atoms with Crippen LogP contribution >= 0.6 is 0 Å². The van der Waals surface area contributed by atoms with Crippen molar-refractivity contribution >= 4 is 9.84 Å². The first-order valence-electron chi connectivity index (χ1n) is 4.76. The molecule has 1 atom stereocenters. The largest absolute Gasteiger partial charge is 1.00 e. The van der Waals surface area contributed by atoms with Crippen LogP contribution < -0.4 is 18.9 Å². The quantitative estimate of drug-likeness (QED) is 0.384. The molecule has 0 aromatic rings. The molecular weight excluding hydrogens is 219 g/mol. The Hall–Kier alpha value is -0.763. The van der Waals surface area contributed by atoms with E-state index in [2.05, 4.69) is 10.2 Å². The van der Waals surface area contributed by atoms with Crippen molar-refractivity contribution in [2.24, 2.45) is 16.1 Å². The molecule has 0 radical (unpaired) electrons. The second kappa shape index (κ2) is 3.92. The van der Waals surface area contributed by atoms with Gasteiger partial charge in [0.15, 0.2) is 14.9 Å². The molecule has 0 saturated heterocycles. The molecule has 0 fully saturated rings. The Morgan fingerprint density at radius 2 is 2.19 bits per heavy atom. The van der Waals surface area contributed by atoms with Crippen LogP contribution in [0.4, 0.5) is 0 Å². The summed E-state index contributed by atoms with van der Waals surface area (Å²) < 4.78 is 24.2. The molecule has 1 aliphatic carbocycles. The molecule has 1 unspecified atom stereocenters. The first-order valence-corrected chi connectivity index (χ1v) is 6.24. The summed E-state index contributed by atoms with van der Waals surface area (Å²) in [6, 6.07) is 0. The Kier molecular flexibility index (Phi) is 2.87. The van der Waals surface area contributed by atoms with E-state index < -0.39 is 9.84 Å². The van der Waals surface area contributed by atoms with Crippen LogP contribution in [0.3, 0.4) is 0 Å². The molecular formula is C10H9LiN2O2S. The van der Waals surface area contributed by atoms with E-state index in [9.17, 15) is 8.42 Å². The summed E-state index contributed by atoms with van der Waals surface area (Å²) in [6.07, 6.45) is 7.96. The monoisotopic (exact) mass is 228 g/mol. The topological polar surface area (TPSA) is 58.9 Å². The predicted molar refractivity (Wildman–Crippen MR) is 55.3 cm³/mol. The van der Waals surface area contributed by atoms with E-state index in [0.29, 0.717) is 11.8 Å². The van der Waals surface area contributed by atoms with E-state index in [4.69, 9.17) is 0 Å². The second-order valence-corrected chi connectivity index (χ2v) is 5.63. The average Bonchev–Trinajstić information content (AvgIpc) is 2.67. The van der Waals surface area contributed by atoms with Crippen LogP contribution in [0.5, 0.6) is 0 Å². The van der Waals surface area contributed by atoms with Crippen LogP contribution in [0.15, 0.2) is 45.1 Å². The van der Waals surface area contributed by atoms with Crippen molar-refractivity contribution in [2.45, 2.75) is 6.42 Å². The van der Waals surface area contributed by atoms with Gasteiger partial charge in [0.25, 0.3) is 0 Å². The van der Waals surface area contributed by atoms with Gasteiger partial charge >= 0.3 is 18.9 Å². The summed E-state index contributed by atoms with van der Waals surface area (Å²) in [5.74, 6) is -0.0118. The maximum absolute atomic E-state index is 12.1. The van der Waals surface area contributed by atoms with Crippen molar-refractivity contribution in [3.63, 3.8) is 0 Å². The van der Waals surface area contributed by atoms with Crippen LogP contribution in [-0.2, 0) is 9.84 Å². The van der Waals surface area contributed by atoms with Crippen molar-refractivity contribution in [3.05, 3.63) is 40.2 Å². The summed E-state index contributed by atoms with van der Waals surface area (Å²) in [6.45, 7) is 0.440. The molecule has 0 amide bonds. The Labute approximate surface area is 106 Å². The minimum absolute atomic E-state index is 0. The summed E-state index contributed by atoms with van der Waals surface area (Å²) in [5.41, 5.74) is 0.851. The fourth-order valence-electron chi connectivity index (χ4n) is 2.12. The first-order chi connectivity index (χ1) is 7.19. The van der Waals surface area contributed by atoms with Crippen molar-refractivity contribution in [1.29, 1.82) is 0 Å². The fourth-order valence-corrected chi connectivity index (χ4v) is 3.86. The standard InChI is InChI=1S/C10H9N2O2S.Li/c13-15(14)9-4-2-1-3-7(9)5-8-6-11-12-10(8)15;/h1-4,7H,5-6H2;/q-1;+1. The molecule has 0 aromatic carbocycles. The maximum atomic E-state index is 12.1. The number of rotatable bonds is 0. The SMILES string of the molecule is O=S1(=O)C2=C(CN=N2)CC2C=CC=C[C-]21.[Li+]. The van der Waals surface area contributed by atoms with Gasteiger partial charge < -0.3 is 0 Å². The number of hydrogen-bond donors (Lipinski definition) is 0. The van der Waals surface area contributed by atoms with Crippen LogP contribution in [0, 0.1) is 11.2 Å². The van der Waals surface area contributed by atoms with Crippen molar-refractivity contribution in [1.82, 2.24) is 0 Å². The Bertz CT molecular complexity index is 531. The van der Waals surface area contributed by atoms with E-state index in [1.807, 2.05) is 12.2 Å². The van der Waals surface area contributed by atoms with Gasteiger partial charge in [-0.3, -0.25) is 0 Å². The Morgan fingerprint density at radius 1 is 1.38 bits per heavy atom. The molecule has 2 aliphatic heterocycles. The zero-order chi connectivity index (χ0) is 10.5. The summed E-state index contributed by atoms with van der Waals surface area (Å²) in [4.78, 5) is 0. The average molecular weight is 228 g/mol. The van der Waals surface area contributed by atoms with E-state index in [0.717, 1.165) is 12.0 Å². The number of nitrogens with zero attached hydrogens (tertiary/aromatic N) is 2. The van der Waals surface area contributed by atoms with Gasteiger partial charge in [0.05, 0.1) is 6.54 Å². The molecule has 0 saturated carbocycles. The normalized spacial score (nSPS) is 28.8. The van der Waals surface area contributed by atoms with Gasteiger partial charge in [-0.05, 0) is 12.0 Å². The number of sulfone groups is 1. The van der Waals surface area contributed by atoms with Gasteiger partial charge in [-0.15, -0.1) is 17.3 Å². The molecule has 0 spiro atoms. The predicted octanol–water partition coefficient (Wildman–Crippen LogP) is -1.24. The molecule has 4 nitrogen and oxygen atoms in total. The zero-order valence-electron chi connectivity index (χ0n) is 8.92. The maximum Gasteiger partial charge on any atom is 1.00 e. The van der Waals surface area contributed by atoms with Gasteiger partial charge in [0.2, 0.25) is 0 Å². The van der Waals surface area contributed by atoms with Crippen LogP contribution in [0.1, 0.15) is 6.42 Å². The molecule has 3 aliphatic rings. The van der Waals surface area contributed by atoms with Gasteiger partial charge in [0.1, 0.15) is 0 Å². The zero-order valence-corrected chi connectivity index (χ0v) is 9.74. The minimum Gasteiger partial charge on any atom is -0.236 e. The molecule has 16 heavy (non-hydrogen) atoms. The fraction of sp³-hybridized carbons (Fsp3) is 0.300. The third-order valence-electron chi connectivity index (χ3n) is 2.84. The van der Waals surface area contributed by atoms with Gasteiger partial charge in [-0.25, -0.2) is 20.6 Å². The number of azo groups is 1. The summed E-state index contributed by atoms with van der Waals surface area (Å²) in [5, 5.41) is 8.18. The molecule has 0 bridgehead atoms. The molecule has 0 N–H and O–H groups in total. The molecule has 6 heteroatoms. The number of fused-ring (bicyclic) bond motifs is 1. The summed E-state index contributed by atoms with van der Waals surface area (Å²) in [7, 11) is -3.36. The third kappa shape index (κ3) is 1.51. The molecule has 0 aromatic heterocycles. The second-order valence-electron chi connectivity index (χ2n) is 3.77. The van der Waals surface area contributed by atoms with Crippen molar-refractivity contribution in [3.8, 4) is 0 Å². The Balaban J connectivity index is 0.000000963. The van der Waals surface area contributed by atoms with Crippen LogP contribution in [0.25, 0.3) is 0 Å². The van der Waals surface area contributed by atoms with Gasteiger partial charge in [0, 0.05) is 0 Å². The minimum atomic E-state index is -3.36. The number of allylic oxidation sites excluding steroid dienone is 3. The van der Waals surface area contributed by atoms with Crippen LogP contribution in [-0.4, -0.2) is 15.0 Å². The van der Waals surface area contributed by atoms with Gasteiger partial charge in [-0.1, -0.05) is 11.2 Å². The van der Waals surface area contributed by atoms with E-state index in [-0.39, 0.29) is 29.8 Å². The van der Waals surface area contributed by atoms with Crippen molar-refractivity contribution in [2.75, 3.05) is 6.54 Å². The molecule has 3 rings (SSSR count). The number of hydrogen-bond acceptors (Lipinski definition) is 4. The molecule has 2 heterocycles. The van der Waals surface area contributed by atoms with E-state index in [1.54, 1.807) is 12.2 Å². The summed E-state index contributed by atoms with van der Waals surface area (Å²) >= 11 is 0. The van der Waals surface area contributed by atoms with E-state index in [1.165, 1.54) is 0 Å². The van der Waals surface area contributed by atoms with Gasteiger partial charge in [-0.2, -0.15) is 5.11 Å². The third-order valence-corrected chi connectivity index (χ3v) is 4.78. The van der Waals surface area contributed by atoms with Crippen molar-refractivity contribution < 1.29 is 27.3 Å². The van der Waals surface area contributed by atoms with Crippen LogP contribution in [0.2, 0.25) is 0 Å². The Morgan fingerprint density at radius 3 is 3.00 bits per heavy atom. The smallest absolute Gasteiger partial charge is 0.236 e. The first kappa shape index (κ1) is 11.7.